The minimum absolute atomic E-state index is 0.000458. The molecule has 0 saturated heterocycles. The van der Waals surface area contributed by atoms with E-state index >= 15 is 0 Å². The maximum atomic E-state index is 13.5. The first-order chi connectivity index (χ1) is 13.3. The van der Waals surface area contributed by atoms with Crippen LogP contribution in [0.15, 0.2) is 52.1 Å². The molecule has 8 heteroatoms. The molecule has 0 radical (unpaired) electrons. The maximum absolute atomic E-state index is 13.5. The number of para-hydroxylation sites is 1. The number of carbonyl (C=O) groups is 1. The zero-order valence-corrected chi connectivity index (χ0v) is 15.4. The van der Waals surface area contributed by atoms with E-state index in [2.05, 4.69) is 4.98 Å². The van der Waals surface area contributed by atoms with E-state index in [0.29, 0.717) is 16.5 Å². The summed E-state index contributed by atoms with van der Waals surface area (Å²) in [4.78, 5) is 40.3. The highest BCUT2D eigenvalue weighted by atomic mass is 19.2. The maximum Gasteiger partial charge on any atom is 0.328 e. The quantitative estimate of drug-likeness (QED) is 0.731. The molecule has 1 amide bonds. The first kappa shape index (κ1) is 19.5. The molecule has 1 N–H and O–H groups in total. The van der Waals surface area contributed by atoms with Gasteiger partial charge in [0.05, 0.1) is 16.9 Å². The molecule has 0 aliphatic rings. The van der Waals surface area contributed by atoms with E-state index in [1.165, 1.54) is 15.5 Å². The van der Waals surface area contributed by atoms with Crippen molar-refractivity contribution >= 4 is 16.8 Å². The molecule has 3 aromatic rings. The lowest BCUT2D eigenvalue weighted by molar-refractivity contribution is -0.132. The third kappa shape index (κ3) is 3.71. The highest BCUT2D eigenvalue weighted by Crippen LogP contribution is 2.21. The molecule has 1 aromatic heterocycles. The van der Waals surface area contributed by atoms with Gasteiger partial charge in [0.25, 0.3) is 5.56 Å². The molecule has 0 spiro atoms. The molecule has 0 fully saturated rings. The lowest BCUT2D eigenvalue weighted by Gasteiger charge is -2.25. The van der Waals surface area contributed by atoms with Gasteiger partial charge in [-0.1, -0.05) is 18.2 Å². The summed E-state index contributed by atoms with van der Waals surface area (Å²) in [7, 11) is 1.56. The van der Waals surface area contributed by atoms with Gasteiger partial charge in [0.15, 0.2) is 11.6 Å². The van der Waals surface area contributed by atoms with Gasteiger partial charge in [-0.2, -0.15) is 0 Å². The number of amides is 1. The summed E-state index contributed by atoms with van der Waals surface area (Å²) in [6.07, 6.45) is 0.000458. The Morgan fingerprint density at radius 3 is 2.57 bits per heavy atom. The number of hydrogen-bond donors (Lipinski definition) is 1. The Hall–Kier alpha value is -3.29. The third-order valence-electron chi connectivity index (χ3n) is 4.85. The lowest BCUT2D eigenvalue weighted by Crippen LogP contribution is -2.34. The van der Waals surface area contributed by atoms with Crippen molar-refractivity contribution in [3.8, 4) is 0 Å². The fourth-order valence-electron chi connectivity index (χ4n) is 3.06. The summed E-state index contributed by atoms with van der Waals surface area (Å²) in [6, 6.07) is 9.66. The number of rotatable bonds is 5. The van der Waals surface area contributed by atoms with E-state index in [-0.39, 0.29) is 18.9 Å². The van der Waals surface area contributed by atoms with E-state index in [1.807, 2.05) is 0 Å². The zero-order valence-electron chi connectivity index (χ0n) is 15.4. The Balaban J connectivity index is 1.78. The molecule has 2 aromatic carbocycles. The highest BCUT2D eigenvalue weighted by Gasteiger charge is 2.19. The van der Waals surface area contributed by atoms with E-state index in [4.69, 9.17) is 0 Å². The van der Waals surface area contributed by atoms with Gasteiger partial charge in [0.1, 0.15) is 0 Å². The minimum atomic E-state index is -0.975. The van der Waals surface area contributed by atoms with Crippen molar-refractivity contribution in [2.45, 2.75) is 25.9 Å². The van der Waals surface area contributed by atoms with Crippen LogP contribution in [0.1, 0.15) is 24.9 Å². The van der Waals surface area contributed by atoms with Crippen LogP contribution in [0.2, 0.25) is 0 Å². The van der Waals surface area contributed by atoms with Crippen LogP contribution in [-0.2, 0) is 11.3 Å². The number of benzene rings is 2. The number of carbonyl (C=O) groups excluding carboxylic acids is 1. The molecule has 3 rings (SSSR count). The normalized spacial score (nSPS) is 12.1. The predicted molar refractivity (Wildman–Crippen MR) is 101 cm³/mol. The Morgan fingerprint density at radius 1 is 1.14 bits per heavy atom. The Labute approximate surface area is 159 Å². The van der Waals surface area contributed by atoms with Crippen LogP contribution >= 0.6 is 0 Å². The van der Waals surface area contributed by atoms with Crippen LogP contribution in [0.5, 0.6) is 0 Å². The molecule has 146 valence electrons. The number of H-pyrrole nitrogens is 1. The average Bonchev–Trinajstić information content (AvgIpc) is 2.68. The molecule has 0 aliphatic heterocycles. The van der Waals surface area contributed by atoms with Gasteiger partial charge in [-0.25, -0.2) is 13.6 Å². The number of hydrogen-bond acceptors (Lipinski definition) is 3. The lowest BCUT2D eigenvalue weighted by atomic mass is 10.1. The van der Waals surface area contributed by atoms with Gasteiger partial charge < -0.3 is 4.90 Å². The molecular weight excluding hydrogens is 368 g/mol. The Bertz CT molecular complexity index is 1150. The number of aryl methyl sites for hydroxylation is 1. The Kier molecular flexibility index (Phi) is 5.39. The van der Waals surface area contributed by atoms with Crippen molar-refractivity contribution in [3.05, 3.63) is 80.5 Å². The predicted octanol–water partition coefficient (Wildman–Crippen LogP) is 2.58. The van der Waals surface area contributed by atoms with Crippen LogP contribution in [0, 0.1) is 11.6 Å². The van der Waals surface area contributed by atoms with Crippen molar-refractivity contribution < 1.29 is 13.6 Å². The summed E-state index contributed by atoms with van der Waals surface area (Å²) in [5.41, 5.74) is -0.165. The fourth-order valence-corrected chi connectivity index (χ4v) is 3.06. The van der Waals surface area contributed by atoms with Gasteiger partial charge in [-0.3, -0.25) is 19.1 Å². The minimum Gasteiger partial charge on any atom is -0.339 e. The highest BCUT2D eigenvalue weighted by molar-refractivity contribution is 5.79. The van der Waals surface area contributed by atoms with Crippen LogP contribution in [0.4, 0.5) is 8.78 Å². The average molecular weight is 387 g/mol. The van der Waals surface area contributed by atoms with Crippen molar-refractivity contribution in [1.82, 2.24) is 14.5 Å². The smallest absolute Gasteiger partial charge is 0.328 e. The van der Waals surface area contributed by atoms with Crippen molar-refractivity contribution in [2.75, 3.05) is 7.05 Å². The molecule has 0 saturated carbocycles. The van der Waals surface area contributed by atoms with E-state index in [1.54, 1.807) is 38.2 Å². The van der Waals surface area contributed by atoms with Gasteiger partial charge in [-0.15, -0.1) is 0 Å². The van der Waals surface area contributed by atoms with E-state index in [9.17, 15) is 23.2 Å². The van der Waals surface area contributed by atoms with Gasteiger partial charge in [0, 0.05) is 20.0 Å². The molecule has 0 bridgehead atoms. The second-order valence-electron chi connectivity index (χ2n) is 6.53. The molecule has 1 unspecified atom stereocenters. The van der Waals surface area contributed by atoms with Crippen molar-refractivity contribution in [2.24, 2.45) is 0 Å². The second kappa shape index (κ2) is 7.75. The molecule has 28 heavy (non-hydrogen) atoms. The molecule has 1 atom stereocenters. The van der Waals surface area contributed by atoms with Crippen LogP contribution in [-0.4, -0.2) is 27.4 Å². The summed E-state index contributed by atoms with van der Waals surface area (Å²) >= 11 is 0. The summed E-state index contributed by atoms with van der Waals surface area (Å²) in [5, 5.41) is 0.359. The first-order valence-electron chi connectivity index (χ1n) is 8.72. The van der Waals surface area contributed by atoms with Crippen molar-refractivity contribution in [3.63, 3.8) is 0 Å². The number of nitrogens with one attached hydrogen (secondary N) is 1. The van der Waals surface area contributed by atoms with Crippen molar-refractivity contribution in [1.29, 1.82) is 0 Å². The van der Waals surface area contributed by atoms with Crippen LogP contribution in [0.3, 0.4) is 0 Å². The van der Waals surface area contributed by atoms with Crippen LogP contribution < -0.4 is 11.2 Å². The summed E-state index contributed by atoms with van der Waals surface area (Å²) < 4.78 is 27.9. The SMILES string of the molecule is CC(c1ccc(F)c(F)c1)N(C)C(=O)CCn1c(=O)[nH]c(=O)c2ccccc21. The van der Waals surface area contributed by atoms with Gasteiger partial charge in [0.2, 0.25) is 5.91 Å². The van der Waals surface area contributed by atoms with Crippen LogP contribution in [0.25, 0.3) is 10.9 Å². The largest absolute Gasteiger partial charge is 0.339 e. The molecule has 0 aliphatic carbocycles. The standard InChI is InChI=1S/C20H19F2N3O3/c1-12(13-7-8-15(21)16(22)11-13)24(2)18(26)9-10-25-17-6-4-3-5-14(17)19(27)23-20(25)28/h3-8,11-12H,9-10H2,1-2H3,(H,23,27,28). The second-order valence-corrected chi connectivity index (χ2v) is 6.53. The topological polar surface area (TPSA) is 75.2 Å². The molecular formula is C20H19F2N3O3. The van der Waals surface area contributed by atoms with Gasteiger partial charge >= 0.3 is 5.69 Å². The monoisotopic (exact) mass is 387 g/mol. The fraction of sp³-hybridized carbons (Fsp3) is 0.250. The summed E-state index contributed by atoms with van der Waals surface area (Å²) in [5.74, 6) is -2.20. The zero-order chi connectivity index (χ0) is 20.4. The number of fused-ring (bicyclic) bond motifs is 1. The number of halogens is 2. The third-order valence-corrected chi connectivity index (χ3v) is 4.85. The first-order valence-corrected chi connectivity index (χ1v) is 8.72. The summed E-state index contributed by atoms with van der Waals surface area (Å²) in [6.45, 7) is 1.77. The number of aromatic amines is 1. The van der Waals surface area contributed by atoms with E-state index < -0.39 is 28.9 Å². The number of aromatic nitrogens is 2. The molecule has 1 heterocycles. The van der Waals surface area contributed by atoms with E-state index in [0.717, 1.165) is 12.1 Å². The molecule has 6 nitrogen and oxygen atoms in total. The Morgan fingerprint density at radius 2 is 1.86 bits per heavy atom. The number of nitrogens with zero attached hydrogens (tertiary/aromatic N) is 2. The van der Waals surface area contributed by atoms with Gasteiger partial charge in [-0.05, 0) is 36.8 Å².